The lowest BCUT2D eigenvalue weighted by Crippen LogP contribution is -2.53. The number of benzene rings is 1. The molecular weight excluding hydrogens is 252 g/mol. The van der Waals surface area contributed by atoms with Crippen LogP contribution in [0.15, 0.2) is 24.3 Å². The summed E-state index contributed by atoms with van der Waals surface area (Å²) in [6, 6.07) is 7.98. The van der Waals surface area contributed by atoms with Gasteiger partial charge in [0.15, 0.2) is 0 Å². The molecule has 2 rings (SSSR count). The van der Waals surface area contributed by atoms with E-state index in [0.29, 0.717) is 12.5 Å². The summed E-state index contributed by atoms with van der Waals surface area (Å²) in [4.78, 5) is 0. The van der Waals surface area contributed by atoms with Crippen molar-refractivity contribution < 1.29 is 9.47 Å². The Morgan fingerprint density at radius 2 is 2.20 bits per heavy atom. The van der Waals surface area contributed by atoms with Gasteiger partial charge in [0.05, 0.1) is 24.4 Å². The first-order valence-corrected chi connectivity index (χ1v) is 7.33. The van der Waals surface area contributed by atoms with Gasteiger partial charge in [0.25, 0.3) is 0 Å². The Balaban J connectivity index is 2.18. The Morgan fingerprint density at radius 1 is 1.45 bits per heavy atom. The van der Waals surface area contributed by atoms with E-state index in [-0.39, 0.29) is 11.6 Å². The maximum atomic E-state index is 6.08. The standard InChI is InChI=1S/C16H26N2O2/c1-12(2)15-10-16(11-17,8-9-20-15)18-13-6-4-5-7-14(13)19-3/h4-7,12,15,18H,8-11,17H2,1-3H3. The van der Waals surface area contributed by atoms with Gasteiger partial charge in [0, 0.05) is 13.2 Å². The number of nitrogens with one attached hydrogen (secondary N) is 1. The van der Waals surface area contributed by atoms with E-state index in [1.165, 1.54) is 0 Å². The number of methoxy groups -OCH3 is 1. The molecule has 0 aliphatic carbocycles. The number of ether oxygens (including phenoxy) is 2. The largest absolute Gasteiger partial charge is 0.495 e. The van der Waals surface area contributed by atoms with E-state index in [9.17, 15) is 0 Å². The molecule has 20 heavy (non-hydrogen) atoms. The monoisotopic (exact) mass is 278 g/mol. The number of anilines is 1. The van der Waals surface area contributed by atoms with Crippen molar-refractivity contribution >= 4 is 5.69 Å². The van der Waals surface area contributed by atoms with E-state index >= 15 is 0 Å². The lowest BCUT2D eigenvalue weighted by molar-refractivity contribution is -0.0358. The van der Waals surface area contributed by atoms with Gasteiger partial charge in [-0.25, -0.2) is 0 Å². The molecule has 2 atom stereocenters. The van der Waals surface area contributed by atoms with Crippen LogP contribution >= 0.6 is 0 Å². The number of hydrogen-bond donors (Lipinski definition) is 2. The van der Waals surface area contributed by atoms with Crippen LogP contribution in [0.25, 0.3) is 0 Å². The van der Waals surface area contributed by atoms with E-state index in [1.54, 1.807) is 7.11 Å². The second-order valence-electron chi connectivity index (χ2n) is 5.92. The predicted octanol–water partition coefficient (Wildman–Crippen LogP) is 2.64. The molecule has 0 radical (unpaired) electrons. The molecule has 1 aromatic carbocycles. The van der Waals surface area contributed by atoms with Crippen molar-refractivity contribution in [2.75, 3.05) is 25.6 Å². The Hall–Kier alpha value is -1.26. The molecule has 0 aromatic heterocycles. The van der Waals surface area contributed by atoms with E-state index in [0.717, 1.165) is 30.9 Å². The number of hydrogen-bond acceptors (Lipinski definition) is 4. The van der Waals surface area contributed by atoms with Crippen LogP contribution in [-0.4, -0.2) is 31.9 Å². The van der Waals surface area contributed by atoms with Crippen molar-refractivity contribution in [1.29, 1.82) is 0 Å². The van der Waals surface area contributed by atoms with E-state index < -0.39 is 0 Å². The van der Waals surface area contributed by atoms with Crippen molar-refractivity contribution in [3.05, 3.63) is 24.3 Å². The molecule has 0 bridgehead atoms. The van der Waals surface area contributed by atoms with E-state index in [1.807, 2.05) is 24.3 Å². The molecule has 1 saturated heterocycles. The molecule has 112 valence electrons. The van der Waals surface area contributed by atoms with Crippen LogP contribution in [0.2, 0.25) is 0 Å². The van der Waals surface area contributed by atoms with Gasteiger partial charge in [-0.15, -0.1) is 0 Å². The van der Waals surface area contributed by atoms with Crippen molar-refractivity contribution in [3.8, 4) is 5.75 Å². The number of rotatable bonds is 5. The summed E-state index contributed by atoms with van der Waals surface area (Å²) in [6.45, 7) is 5.74. The highest BCUT2D eigenvalue weighted by molar-refractivity contribution is 5.57. The van der Waals surface area contributed by atoms with Crippen molar-refractivity contribution in [2.45, 2.75) is 38.3 Å². The molecular formula is C16H26N2O2. The molecule has 2 unspecified atom stereocenters. The third kappa shape index (κ3) is 3.25. The minimum atomic E-state index is -0.109. The maximum Gasteiger partial charge on any atom is 0.141 e. The van der Waals surface area contributed by atoms with Gasteiger partial charge < -0.3 is 20.5 Å². The van der Waals surface area contributed by atoms with Gasteiger partial charge in [-0.2, -0.15) is 0 Å². The third-order valence-electron chi connectivity index (χ3n) is 4.15. The lowest BCUT2D eigenvalue weighted by atomic mass is 9.83. The predicted molar refractivity (Wildman–Crippen MR) is 82.2 cm³/mol. The van der Waals surface area contributed by atoms with Crippen LogP contribution in [0.3, 0.4) is 0 Å². The van der Waals surface area contributed by atoms with Crippen molar-refractivity contribution in [2.24, 2.45) is 11.7 Å². The van der Waals surface area contributed by atoms with Crippen LogP contribution < -0.4 is 15.8 Å². The average Bonchev–Trinajstić information content (AvgIpc) is 2.48. The highest BCUT2D eigenvalue weighted by atomic mass is 16.5. The highest BCUT2D eigenvalue weighted by Crippen LogP contribution is 2.34. The Labute approximate surface area is 121 Å². The van der Waals surface area contributed by atoms with Crippen molar-refractivity contribution in [1.82, 2.24) is 0 Å². The fraction of sp³-hybridized carbons (Fsp3) is 0.625. The first kappa shape index (κ1) is 15.1. The van der Waals surface area contributed by atoms with Gasteiger partial charge in [-0.1, -0.05) is 26.0 Å². The second kappa shape index (κ2) is 6.46. The van der Waals surface area contributed by atoms with Gasteiger partial charge in [-0.05, 0) is 30.9 Å². The molecule has 1 fully saturated rings. The zero-order valence-corrected chi connectivity index (χ0v) is 12.7. The fourth-order valence-electron chi connectivity index (χ4n) is 2.76. The van der Waals surface area contributed by atoms with Gasteiger partial charge >= 0.3 is 0 Å². The topological polar surface area (TPSA) is 56.5 Å². The molecule has 0 spiro atoms. The van der Waals surface area contributed by atoms with Crippen LogP contribution in [0, 0.1) is 5.92 Å². The molecule has 1 aliphatic heterocycles. The van der Waals surface area contributed by atoms with Gasteiger partial charge in [-0.3, -0.25) is 0 Å². The zero-order chi connectivity index (χ0) is 14.6. The van der Waals surface area contributed by atoms with Crippen LogP contribution in [0.4, 0.5) is 5.69 Å². The summed E-state index contributed by atoms with van der Waals surface area (Å²) < 4.78 is 11.3. The lowest BCUT2D eigenvalue weighted by Gasteiger charge is -2.43. The van der Waals surface area contributed by atoms with Crippen molar-refractivity contribution in [3.63, 3.8) is 0 Å². The average molecular weight is 278 g/mol. The SMILES string of the molecule is COc1ccccc1NC1(CN)CCOC(C(C)C)C1. The molecule has 1 heterocycles. The Bertz CT molecular complexity index is 436. The normalized spacial score (nSPS) is 26.6. The summed E-state index contributed by atoms with van der Waals surface area (Å²) in [5.74, 6) is 1.36. The quantitative estimate of drug-likeness (QED) is 0.869. The fourth-order valence-corrected chi connectivity index (χ4v) is 2.76. The number of para-hydroxylation sites is 2. The molecule has 3 N–H and O–H groups in total. The first-order valence-electron chi connectivity index (χ1n) is 7.33. The summed E-state index contributed by atoms with van der Waals surface area (Å²) in [6.07, 6.45) is 2.11. The molecule has 4 heteroatoms. The Morgan fingerprint density at radius 3 is 2.85 bits per heavy atom. The summed E-state index contributed by atoms with van der Waals surface area (Å²) in [5.41, 5.74) is 6.98. The maximum absolute atomic E-state index is 6.08. The highest BCUT2D eigenvalue weighted by Gasteiger charge is 2.37. The number of nitrogens with two attached hydrogens (primary N) is 1. The van der Waals surface area contributed by atoms with Crippen LogP contribution in [0.5, 0.6) is 5.75 Å². The van der Waals surface area contributed by atoms with Gasteiger partial charge in [0.2, 0.25) is 0 Å². The Kier molecular flexibility index (Phi) is 4.89. The summed E-state index contributed by atoms with van der Waals surface area (Å²) in [5, 5.41) is 3.62. The third-order valence-corrected chi connectivity index (χ3v) is 4.15. The minimum Gasteiger partial charge on any atom is -0.495 e. The molecule has 1 aliphatic rings. The van der Waals surface area contributed by atoms with Gasteiger partial charge in [0.1, 0.15) is 5.75 Å². The summed E-state index contributed by atoms with van der Waals surface area (Å²) >= 11 is 0. The molecule has 4 nitrogen and oxygen atoms in total. The van der Waals surface area contributed by atoms with Crippen LogP contribution in [-0.2, 0) is 4.74 Å². The van der Waals surface area contributed by atoms with E-state index in [2.05, 4.69) is 19.2 Å². The zero-order valence-electron chi connectivity index (χ0n) is 12.7. The second-order valence-corrected chi connectivity index (χ2v) is 5.92. The van der Waals surface area contributed by atoms with E-state index in [4.69, 9.17) is 15.2 Å². The summed E-state index contributed by atoms with van der Waals surface area (Å²) in [7, 11) is 1.69. The molecule has 0 saturated carbocycles. The first-order chi connectivity index (χ1) is 9.60. The smallest absolute Gasteiger partial charge is 0.141 e. The molecule has 1 aromatic rings. The van der Waals surface area contributed by atoms with Crippen LogP contribution in [0.1, 0.15) is 26.7 Å². The molecule has 0 amide bonds. The minimum absolute atomic E-state index is 0.109.